The molecule has 2 amide bonds. The van der Waals surface area contributed by atoms with E-state index in [2.05, 4.69) is 5.43 Å². The molecule has 3 aromatic rings. The summed E-state index contributed by atoms with van der Waals surface area (Å²) in [6.07, 6.45) is 1.37. The van der Waals surface area contributed by atoms with E-state index >= 15 is 0 Å². The van der Waals surface area contributed by atoms with Gasteiger partial charge in [-0.1, -0.05) is 23.7 Å². The van der Waals surface area contributed by atoms with Crippen LogP contribution in [0.1, 0.15) is 5.76 Å². The van der Waals surface area contributed by atoms with Crippen molar-refractivity contribution in [1.82, 2.24) is 5.43 Å². The highest BCUT2D eigenvalue weighted by atomic mass is 35.5. The van der Waals surface area contributed by atoms with Crippen molar-refractivity contribution in [3.05, 3.63) is 82.8 Å². The number of benzene rings is 2. The minimum absolute atomic E-state index is 0.0775. The van der Waals surface area contributed by atoms with Crippen LogP contribution in [0, 0.1) is 5.82 Å². The van der Waals surface area contributed by atoms with Crippen LogP contribution in [0.25, 0.3) is 17.4 Å². The molecule has 2 aromatic carbocycles. The van der Waals surface area contributed by atoms with E-state index in [-0.39, 0.29) is 5.57 Å². The predicted octanol–water partition coefficient (Wildman–Crippen LogP) is 4.20. The summed E-state index contributed by atoms with van der Waals surface area (Å²) >= 11 is 5.98. The third kappa shape index (κ3) is 3.35. The van der Waals surface area contributed by atoms with Crippen LogP contribution in [0.4, 0.5) is 10.1 Å². The van der Waals surface area contributed by atoms with Gasteiger partial charge in [0, 0.05) is 10.6 Å². The number of halogens is 2. The molecule has 5 nitrogen and oxygen atoms in total. The molecule has 2 heterocycles. The predicted molar refractivity (Wildman–Crippen MR) is 99.2 cm³/mol. The summed E-state index contributed by atoms with van der Waals surface area (Å²) in [5.74, 6) is -0.635. The molecule has 0 spiro atoms. The molecule has 0 unspecified atom stereocenters. The Labute approximate surface area is 158 Å². The number of rotatable bonds is 3. The van der Waals surface area contributed by atoms with Crippen LogP contribution in [0.3, 0.4) is 0 Å². The highest BCUT2D eigenvalue weighted by Crippen LogP contribution is 2.27. The van der Waals surface area contributed by atoms with E-state index < -0.39 is 17.6 Å². The maximum Gasteiger partial charge on any atom is 0.282 e. The second-order valence-corrected chi connectivity index (χ2v) is 6.26. The summed E-state index contributed by atoms with van der Waals surface area (Å²) in [5.41, 5.74) is 3.51. The van der Waals surface area contributed by atoms with Gasteiger partial charge in [-0.15, -0.1) is 0 Å². The summed E-state index contributed by atoms with van der Waals surface area (Å²) in [5, 5.41) is 1.64. The fourth-order valence-electron chi connectivity index (χ4n) is 2.70. The van der Waals surface area contributed by atoms with Crippen LogP contribution in [0.5, 0.6) is 0 Å². The molecule has 4 rings (SSSR count). The fraction of sp³-hybridized carbons (Fsp3) is 0. The van der Waals surface area contributed by atoms with E-state index in [1.807, 2.05) is 6.07 Å². The Morgan fingerprint density at radius 1 is 1.04 bits per heavy atom. The summed E-state index contributed by atoms with van der Waals surface area (Å²) in [6.45, 7) is 0. The normalized spacial score (nSPS) is 15.5. The second kappa shape index (κ2) is 6.74. The second-order valence-electron chi connectivity index (χ2n) is 5.83. The zero-order valence-electron chi connectivity index (χ0n) is 13.8. The van der Waals surface area contributed by atoms with E-state index in [0.29, 0.717) is 22.2 Å². The first-order valence-electron chi connectivity index (χ1n) is 8.00. The largest absolute Gasteiger partial charge is 0.457 e. The van der Waals surface area contributed by atoms with Gasteiger partial charge in [-0.3, -0.25) is 15.0 Å². The van der Waals surface area contributed by atoms with Crippen molar-refractivity contribution in [3.8, 4) is 11.3 Å². The highest BCUT2D eigenvalue weighted by Gasteiger charge is 2.34. The van der Waals surface area contributed by atoms with Crippen molar-refractivity contribution in [3.63, 3.8) is 0 Å². The Kier molecular flexibility index (Phi) is 4.25. The Hall–Kier alpha value is -3.38. The van der Waals surface area contributed by atoms with Gasteiger partial charge >= 0.3 is 0 Å². The average molecular weight is 383 g/mol. The van der Waals surface area contributed by atoms with Gasteiger partial charge in [-0.05, 0) is 54.6 Å². The highest BCUT2D eigenvalue weighted by molar-refractivity contribution is 6.31. The first-order valence-corrected chi connectivity index (χ1v) is 8.37. The zero-order chi connectivity index (χ0) is 19.0. The summed E-state index contributed by atoms with van der Waals surface area (Å²) in [6, 6.07) is 15.8. The van der Waals surface area contributed by atoms with Gasteiger partial charge in [0.1, 0.15) is 22.9 Å². The molecule has 7 heteroatoms. The van der Waals surface area contributed by atoms with Gasteiger partial charge in [0.25, 0.3) is 11.8 Å². The molecule has 1 aliphatic heterocycles. The summed E-state index contributed by atoms with van der Waals surface area (Å²) in [7, 11) is 0. The molecule has 0 radical (unpaired) electrons. The number of amides is 2. The number of hydrogen-bond acceptors (Lipinski definition) is 3. The summed E-state index contributed by atoms with van der Waals surface area (Å²) in [4.78, 5) is 24.7. The van der Waals surface area contributed by atoms with Crippen LogP contribution in [0.15, 0.2) is 70.7 Å². The number of nitrogens with one attached hydrogen (secondary N) is 1. The van der Waals surface area contributed by atoms with Crippen molar-refractivity contribution < 1.29 is 18.4 Å². The van der Waals surface area contributed by atoms with Crippen molar-refractivity contribution in [2.24, 2.45) is 0 Å². The van der Waals surface area contributed by atoms with Gasteiger partial charge in [-0.25, -0.2) is 9.40 Å². The standard InChI is InChI=1S/C20H12ClFN2O3/c21-13-3-1-2-12(10-13)18-9-8-16(27-18)11-17-19(25)23-24(20(17)26)15-6-4-14(22)5-7-15/h1-11H,(H,23,25). The lowest BCUT2D eigenvalue weighted by atomic mass is 10.2. The molecule has 134 valence electrons. The first kappa shape index (κ1) is 17.1. The maximum atomic E-state index is 13.1. The Morgan fingerprint density at radius 2 is 1.81 bits per heavy atom. The van der Waals surface area contributed by atoms with Gasteiger partial charge in [-0.2, -0.15) is 0 Å². The molecule has 1 fully saturated rings. The number of hydrazine groups is 1. The molecule has 0 aliphatic carbocycles. The van der Waals surface area contributed by atoms with Crippen LogP contribution >= 0.6 is 11.6 Å². The van der Waals surface area contributed by atoms with E-state index in [1.54, 1.807) is 30.3 Å². The Morgan fingerprint density at radius 3 is 2.56 bits per heavy atom. The maximum absolute atomic E-state index is 13.1. The molecule has 0 bridgehead atoms. The monoisotopic (exact) mass is 382 g/mol. The molecule has 0 atom stereocenters. The van der Waals surface area contributed by atoms with E-state index in [4.69, 9.17) is 16.0 Å². The van der Waals surface area contributed by atoms with E-state index in [1.165, 1.54) is 30.3 Å². The Balaban J connectivity index is 1.61. The van der Waals surface area contributed by atoms with Crippen molar-refractivity contribution >= 4 is 35.2 Å². The molecule has 1 aromatic heterocycles. The third-order valence-electron chi connectivity index (χ3n) is 4.00. The lowest BCUT2D eigenvalue weighted by Gasteiger charge is -2.14. The molecular weight excluding hydrogens is 371 g/mol. The number of furan rings is 1. The fourth-order valence-corrected chi connectivity index (χ4v) is 2.89. The smallest absolute Gasteiger partial charge is 0.282 e. The third-order valence-corrected chi connectivity index (χ3v) is 4.23. The quantitative estimate of drug-likeness (QED) is 0.545. The molecule has 1 saturated heterocycles. The van der Waals surface area contributed by atoms with Crippen LogP contribution in [-0.4, -0.2) is 11.8 Å². The van der Waals surface area contributed by atoms with Crippen molar-refractivity contribution in [1.29, 1.82) is 0 Å². The van der Waals surface area contributed by atoms with Gasteiger partial charge < -0.3 is 4.42 Å². The SMILES string of the molecule is O=C1NN(c2ccc(F)cc2)C(=O)C1=Cc1ccc(-c2cccc(Cl)c2)o1. The molecule has 1 aliphatic rings. The first-order chi connectivity index (χ1) is 13.0. The van der Waals surface area contributed by atoms with Crippen molar-refractivity contribution in [2.75, 3.05) is 5.01 Å². The number of carbonyl (C=O) groups is 2. The molecule has 1 N–H and O–H groups in total. The summed E-state index contributed by atoms with van der Waals surface area (Å²) < 4.78 is 18.8. The van der Waals surface area contributed by atoms with Gasteiger partial charge in [0.2, 0.25) is 0 Å². The number of carbonyl (C=O) groups excluding carboxylic acids is 2. The number of anilines is 1. The van der Waals surface area contributed by atoms with E-state index in [0.717, 1.165) is 10.6 Å². The van der Waals surface area contributed by atoms with E-state index in [9.17, 15) is 14.0 Å². The Bertz CT molecular complexity index is 1070. The van der Waals surface area contributed by atoms with Crippen molar-refractivity contribution in [2.45, 2.75) is 0 Å². The van der Waals surface area contributed by atoms with Gasteiger partial charge in [0.15, 0.2) is 0 Å². The van der Waals surface area contributed by atoms with Crippen LogP contribution in [0.2, 0.25) is 5.02 Å². The lowest BCUT2D eigenvalue weighted by molar-refractivity contribution is -0.117. The zero-order valence-corrected chi connectivity index (χ0v) is 14.5. The van der Waals surface area contributed by atoms with Gasteiger partial charge in [0.05, 0.1) is 5.69 Å². The minimum Gasteiger partial charge on any atom is -0.457 e. The van der Waals surface area contributed by atoms with Crippen LogP contribution < -0.4 is 10.4 Å². The molecule has 27 heavy (non-hydrogen) atoms. The lowest BCUT2D eigenvalue weighted by Crippen LogP contribution is -2.35. The minimum atomic E-state index is -0.565. The number of nitrogens with zero attached hydrogens (tertiary/aromatic N) is 1. The number of hydrogen-bond donors (Lipinski definition) is 1. The topological polar surface area (TPSA) is 62.6 Å². The molecular formula is C20H12ClFN2O3. The molecule has 0 saturated carbocycles. The average Bonchev–Trinajstić information content (AvgIpc) is 3.23. The van der Waals surface area contributed by atoms with Crippen LogP contribution in [-0.2, 0) is 9.59 Å².